The van der Waals surface area contributed by atoms with Gasteiger partial charge in [0.2, 0.25) is 0 Å². The molecule has 0 unspecified atom stereocenters. The van der Waals surface area contributed by atoms with Crippen LogP contribution in [0.3, 0.4) is 0 Å². The fraction of sp³-hybridized carbons (Fsp3) is 0.333. The Morgan fingerprint density at radius 2 is 1.86 bits per heavy atom. The van der Waals surface area contributed by atoms with Gasteiger partial charge in [-0.15, -0.1) is 0 Å². The highest BCUT2D eigenvalue weighted by Crippen LogP contribution is 2.32. The predicted molar refractivity (Wildman–Crippen MR) is 53.5 cm³/mol. The first kappa shape index (κ1) is 11.1. The second kappa shape index (κ2) is 5.05. The maximum Gasteiger partial charge on any atom is 0.138 e. The van der Waals surface area contributed by atoms with Crippen molar-refractivity contribution in [3.05, 3.63) is 22.7 Å². The lowest BCUT2D eigenvalue weighted by Crippen LogP contribution is -2.01. The lowest BCUT2D eigenvalue weighted by atomic mass is 10.2. The number of benzene rings is 1. The molecule has 0 fully saturated rings. The fourth-order valence-corrected chi connectivity index (χ4v) is 1.36. The normalized spacial score (nSPS) is 10.0. The van der Waals surface area contributed by atoms with Gasteiger partial charge in [-0.2, -0.15) is 0 Å². The number of hydrogen-bond acceptors (Lipinski definition) is 4. The number of nitrogens with two attached hydrogens (primary N) is 1. The van der Waals surface area contributed by atoms with Crippen LogP contribution in [0.15, 0.2) is 12.1 Å². The minimum Gasteiger partial charge on any atom is -0.496 e. The lowest BCUT2D eigenvalue weighted by molar-refractivity contribution is 0.122. The van der Waals surface area contributed by atoms with E-state index in [-0.39, 0.29) is 6.61 Å². The SMILES string of the molecule is COc1cc(CON)c(OC)cc1Cl. The van der Waals surface area contributed by atoms with Crippen molar-refractivity contribution in [2.24, 2.45) is 5.90 Å². The summed E-state index contributed by atoms with van der Waals surface area (Å²) in [5.74, 6) is 6.18. The molecule has 0 saturated carbocycles. The van der Waals surface area contributed by atoms with E-state index < -0.39 is 0 Å². The monoisotopic (exact) mass is 217 g/mol. The molecule has 0 atom stereocenters. The lowest BCUT2D eigenvalue weighted by Gasteiger charge is -2.10. The van der Waals surface area contributed by atoms with E-state index in [1.165, 1.54) is 0 Å². The van der Waals surface area contributed by atoms with Gasteiger partial charge in [0.25, 0.3) is 0 Å². The van der Waals surface area contributed by atoms with Gasteiger partial charge >= 0.3 is 0 Å². The van der Waals surface area contributed by atoms with Crippen LogP contribution in [0.5, 0.6) is 11.5 Å². The van der Waals surface area contributed by atoms with Crippen LogP contribution in [-0.4, -0.2) is 14.2 Å². The van der Waals surface area contributed by atoms with Crippen molar-refractivity contribution in [2.75, 3.05) is 14.2 Å². The van der Waals surface area contributed by atoms with E-state index in [1.54, 1.807) is 26.4 Å². The molecule has 1 rings (SSSR count). The molecular weight excluding hydrogens is 206 g/mol. The third-order valence-electron chi connectivity index (χ3n) is 1.79. The summed E-state index contributed by atoms with van der Waals surface area (Å²) in [4.78, 5) is 4.53. The number of methoxy groups -OCH3 is 2. The first-order valence-electron chi connectivity index (χ1n) is 3.95. The number of hydrogen-bond donors (Lipinski definition) is 1. The zero-order valence-corrected chi connectivity index (χ0v) is 8.80. The molecule has 78 valence electrons. The minimum absolute atomic E-state index is 0.247. The fourth-order valence-electron chi connectivity index (χ4n) is 1.13. The van der Waals surface area contributed by atoms with Crippen LogP contribution in [0.1, 0.15) is 5.56 Å². The Bertz CT molecular complexity index is 317. The third-order valence-corrected chi connectivity index (χ3v) is 2.09. The molecule has 0 aliphatic heterocycles. The van der Waals surface area contributed by atoms with Gasteiger partial charge in [-0.1, -0.05) is 11.6 Å². The molecular formula is C9H12ClNO3. The molecule has 0 amide bonds. The van der Waals surface area contributed by atoms with E-state index in [4.69, 9.17) is 27.0 Å². The molecule has 0 radical (unpaired) electrons. The van der Waals surface area contributed by atoms with E-state index in [0.29, 0.717) is 16.5 Å². The van der Waals surface area contributed by atoms with Gasteiger partial charge in [0.1, 0.15) is 11.5 Å². The smallest absolute Gasteiger partial charge is 0.138 e. The molecule has 0 aromatic heterocycles. The highest BCUT2D eigenvalue weighted by atomic mass is 35.5. The van der Waals surface area contributed by atoms with Gasteiger partial charge in [0, 0.05) is 11.6 Å². The van der Waals surface area contributed by atoms with Crippen LogP contribution in [0.25, 0.3) is 0 Å². The van der Waals surface area contributed by atoms with Crippen molar-refractivity contribution >= 4 is 11.6 Å². The summed E-state index contributed by atoms with van der Waals surface area (Å²) in [5.41, 5.74) is 0.788. The summed E-state index contributed by atoms with van der Waals surface area (Å²) in [6, 6.07) is 3.39. The molecule has 0 spiro atoms. The van der Waals surface area contributed by atoms with E-state index in [9.17, 15) is 0 Å². The van der Waals surface area contributed by atoms with Crippen LogP contribution < -0.4 is 15.4 Å². The van der Waals surface area contributed by atoms with Gasteiger partial charge in [0.15, 0.2) is 0 Å². The Labute approximate surface area is 87.5 Å². The third kappa shape index (κ3) is 2.29. The first-order valence-corrected chi connectivity index (χ1v) is 4.32. The maximum absolute atomic E-state index is 5.90. The largest absolute Gasteiger partial charge is 0.496 e. The highest BCUT2D eigenvalue weighted by Gasteiger charge is 2.09. The molecule has 0 aliphatic carbocycles. The maximum atomic E-state index is 5.90. The average molecular weight is 218 g/mol. The van der Waals surface area contributed by atoms with Crippen LogP contribution in [0, 0.1) is 0 Å². The van der Waals surface area contributed by atoms with Crippen LogP contribution in [0.4, 0.5) is 0 Å². The molecule has 1 aromatic carbocycles. The Morgan fingerprint density at radius 3 is 2.36 bits per heavy atom. The van der Waals surface area contributed by atoms with E-state index in [0.717, 1.165) is 5.56 Å². The zero-order valence-electron chi connectivity index (χ0n) is 8.04. The van der Waals surface area contributed by atoms with Gasteiger partial charge in [0.05, 0.1) is 25.8 Å². The summed E-state index contributed by atoms with van der Waals surface area (Å²) >= 11 is 5.90. The summed E-state index contributed by atoms with van der Waals surface area (Å²) in [6.45, 7) is 0.247. The Kier molecular flexibility index (Phi) is 4.00. The molecule has 0 saturated heterocycles. The highest BCUT2D eigenvalue weighted by molar-refractivity contribution is 6.32. The van der Waals surface area contributed by atoms with E-state index >= 15 is 0 Å². The molecule has 1 aromatic rings. The average Bonchev–Trinajstić information content (AvgIpc) is 2.20. The van der Waals surface area contributed by atoms with Crippen molar-refractivity contribution in [3.8, 4) is 11.5 Å². The van der Waals surface area contributed by atoms with Crippen molar-refractivity contribution in [1.82, 2.24) is 0 Å². The van der Waals surface area contributed by atoms with Crippen molar-refractivity contribution < 1.29 is 14.3 Å². The van der Waals surface area contributed by atoms with Crippen molar-refractivity contribution in [1.29, 1.82) is 0 Å². The standard InChI is InChI=1S/C9H12ClNO3/c1-12-8-4-7(10)9(13-2)3-6(8)5-14-11/h3-4H,5,11H2,1-2H3. The summed E-state index contributed by atoms with van der Waals surface area (Å²) < 4.78 is 10.2. The van der Waals surface area contributed by atoms with Gasteiger partial charge in [-0.25, -0.2) is 5.90 Å². The molecule has 4 nitrogen and oxygen atoms in total. The predicted octanol–water partition coefficient (Wildman–Crippen LogP) is 1.75. The van der Waals surface area contributed by atoms with E-state index in [2.05, 4.69) is 4.84 Å². The van der Waals surface area contributed by atoms with Gasteiger partial charge < -0.3 is 9.47 Å². The minimum atomic E-state index is 0.247. The first-order chi connectivity index (χ1) is 6.72. The molecule has 0 heterocycles. The second-order valence-electron chi connectivity index (χ2n) is 2.61. The molecule has 2 N–H and O–H groups in total. The molecule has 14 heavy (non-hydrogen) atoms. The zero-order chi connectivity index (χ0) is 10.6. The van der Waals surface area contributed by atoms with Crippen LogP contribution in [-0.2, 0) is 11.4 Å². The Balaban J connectivity index is 3.11. The summed E-state index contributed by atoms with van der Waals surface area (Å²) in [7, 11) is 3.10. The van der Waals surface area contributed by atoms with Gasteiger partial charge in [-0.05, 0) is 6.07 Å². The quantitative estimate of drug-likeness (QED) is 0.781. The Hall–Kier alpha value is -0.970. The number of ether oxygens (including phenoxy) is 2. The van der Waals surface area contributed by atoms with Gasteiger partial charge in [-0.3, -0.25) is 4.84 Å². The molecule has 0 aliphatic rings. The van der Waals surface area contributed by atoms with Crippen molar-refractivity contribution in [3.63, 3.8) is 0 Å². The van der Waals surface area contributed by atoms with Crippen molar-refractivity contribution in [2.45, 2.75) is 6.61 Å². The summed E-state index contributed by atoms with van der Waals surface area (Å²) in [5, 5.41) is 0.491. The molecule has 0 bridgehead atoms. The van der Waals surface area contributed by atoms with Crippen LogP contribution in [0.2, 0.25) is 5.02 Å². The van der Waals surface area contributed by atoms with Crippen LogP contribution >= 0.6 is 11.6 Å². The Morgan fingerprint density at radius 1 is 1.21 bits per heavy atom. The van der Waals surface area contributed by atoms with E-state index in [1.807, 2.05) is 0 Å². The summed E-state index contributed by atoms with van der Waals surface area (Å²) in [6.07, 6.45) is 0. The number of halogens is 1. The number of rotatable bonds is 4. The topological polar surface area (TPSA) is 53.7 Å². The second-order valence-corrected chi connectivity index (χ2v) is 3.02. The molecule has 5 heteroatoms.